The molecule has 2 unspecified atom stereocenters. The molecule has 0 aliphatic heterocycles. The minimum absolute atomic E-state index is 0.0998. The van der Waals surface area contributed by atoms with Gasteiger partial charge in [0.2, 0.25) is 0 Å². The van der Waals surface area contributed by atoms with E-state index in [1.54, 1.807) is 6.07 Å². The first-order valence-corrected chi connectivity index (χ1v) is 7.14. The van der Waals surface area contributed by atoms with Crippen LogP contribution in [0.25, 0.3) is 0 Å². The van der Waals surface area contributed by atoms with Crippen molar-refractivity contribution in [1.82, 2.24) is 0 Å². The normalized spacial score (nSPS) is 25.6. The van der Waals surface area contributed by atoms with E-state index in [1.165, 1.54) is 19.3 Å². The van der Waals surface area contributed by atoms with Crippen molar-refractivity contribution < 1.29 is 4.39 Å². The van der Waals surface area contributed by atoms with Crippen molar-refractivity contribution >= 4 is 15.9 Å². The van der Waals surface area contributed by atoms with Crippen LogP contribution in [0.5, 0.6) is 0 Å². The molecule has 1 fully saturated rings. The monoisotopic (exact) mass is 299 g/mol. The first kappa shape index (κ1) is 13.0. The van der Waals surface area contributed by atoms with Crippen LogP contribution in [0, 0.1) is 11.7 Å². The van der Waals surface area contributed by atoms with E-state index < -0.39 is 0 Å². The van der Waals surface area contributed by atoms with Gasteiger partial charge in [0.05, 0.1) is 0 Å². The molecule has 2 N–H and O–H groups in total. The van der Waals surface area contributed by atoms with Crippen LogP contribution in [0.4, 0.5) is 4.39 Å². The van der Waals surface area contributed by atoms with E-state index in [0.717, 1.165) is 29.3 Å². The van der Waals surface area contributed by atoms with Crippen LogP contribution in [-0.2, 0) is 6.42 Å². The Morgan fingerprint density at radius 2 is 2.06 bits per heavy atom. The van der Waals surface area contributed by atoms with Gasteiger partial charge in [-0.1, -0.05) is 41.3 Å². The average molecular weight is 300 g/mol. The summed E-state index contributed by atoms with van der Waals surface area (Å²) in [5.74, 6) is 0.445. The van der Waals surface area contributed by atoms with Crippen molar-refractivity contribution in [2.45, 2.75) is 44.6 Å². The number of rotatable bonds is 2. The van der Waals surface area contributed by atoms with Crippen LogP contribution in [0.1, 0.15) is 37.7 Å². The first-order chi connectivity index (χ1) is 8.15. The molecule has 2 atom stereocenters. The Morgan fingerprint density at radius 1 is 1.29 bits per heavy atom. The second kappa shape index (κ2) is 5.96. The summed E-state index contributed by atoms with van der Waals surface area (Å²) >= 11 is 3.28. The third kappa shape index (κ3) is 3.78. The molecule has 0 heterocycles. The van der Waals surface area contributed by atoms with Gasteiger partial charge in [-0.2, -0.15) is 0 Å². The van der Waals surface area contributed by atoms with Crippen molar-refractivity contribution in [3.63, 3.8) is 0 Å². The Balaban J connectivity index is 2.03. The second-order valence-electron chi connectivity index (χ2n) is 5.09. The van der Waals surface area contributed by atoms with Crippen LogP contribution in [0.2, 0.25) is 0 Å². The molecule has 0 aromatic heterocycles. The lowest BCUT2D eigenvalue weighted by Crippen LogP contribution is -2.22. The van der Waals surface area contributed by atoms with Gasteiger partial charge in [-0.15, -0.1) is 0 Å². The summed E-state index contributed by atoms with van der Waals surface area (Å²) in [5.41, 5.74) is 6.87. The van der Waals surface area contributed by atoms with Crippen LogP contribution < -0.4 is 5.73 Å². The van der Waals surface area contributed by atoms with Gasteiger partial charge in [-0.25, -0.2) is 4.39 Å². The minimum Gasteiger partial charge on any atom is -0.328 e. The third-order valence-corrected chi connectivity index (χ3v) is 4.09. The molecule has 17 heavy (non-hydrogen) atoms. The highest BCUT2D eigenvalue weighted by Gasteiger charge is 2.19. The van der Waals surface area contributed by atoms with Gasteiger partial charge in [-0.05, 0) is 42.9 Å². The molecule has 1 aliphatic rings. The molecule has 1 nitrogen and oxygen atoms in total. The predicted molar refractivity (Wildman–Crippen MR) is 72.4 cm³/mol. The summed E-state index contributed by atoms with van der Waals surface area (Å²) in [6.07, 6.45) is 6.63. The quantitative estimate of drug-likeness (QED) is 0.820. The van der Waals surface area contributed by atoms with E-state index in [4.69, 9.17) is 5.73 Å². The maximum absolute atomic E-state index is 13.7. The van der Waals surface area contributed by atoms with E-state index in [9.17, 15) is 4.39 Å². The lowest BCUT2D eigenvalue weighted by atomic mass is 9.91. The molecule has 2 rings (SSSR count). The maximum atomic E-state index is 13.7. The molecule has 0 spiro atoms. The van der Waals surface area contributed by atoms with E-state index in [2.05, 4.69) is 15.9 Å². The number of halogens is 2. The Kier molecular flexibility index (Phi) is 4.57. The van der Waals surface area contributed by atoms with Gasteiger partial charge in [0, 0.05) is 10.5 Å². The highest BCUT2D eigenvalue weighted by Crippen LogP contribution is 2.27. The van der Waals surface area contributed by atoms with Crippen LogP contribution in [-0.4, -0.2) is 6.04 Å². The summed E-state index contributed by atoms with van der Waals surface area (Å²) < 4.78 is 14.5. The van der Waals surface area contributed by atoms with Gasteiger partial charge in [0.25, 0.3) is 0 Å². The highest BCUT2D eigenvalue weighted by molar-refractivity contribution is 9.10. The standard InChI is InChI=1S/C14H19BrFN/c15-12-6-5-11(14(16)9-12)7-10-3-1-2-4-13(17)8-10/h5-6,9-10,13H,1-4,7-8,17H2. The fourth-order valence-electron chi connectivity index (χ4n) is 2.69. The molecular weight excluding hydrogens is 281 g/mol. The maximum Gasteiger partial charge on any atom is 0.127 e. The zero-order valence-electron chi connectivity index (χ0n) is 9.96. The summed E-state index contributed by atoms with van der Waals surface area (Å²) in [6, 6.07) is 5.65. The molecule has 1 aromatic rings. The molecule has 0 bridgehead atoms. The molecular formula is C14H19BrFN. The predicted octanol–water partition coefficient (Wildman–Crippen LogP) is 4.04. The van der Waals surface area contributed by atoms with E-state index in [-0.39, 0.29) is 5.82 Å². The van der Waals surface area contributed by atoms with Gasteiger partial charge in [0.15, 0.2) is 0 Å². The fraction of sp³-hybridized carbons (Fsp3) is 0.571. The zero-order valence-corrected chi connectivity index (χ0v) is 11.5. The van der Waals surface area contributed by atoms with Crippen molar-refractivity contribution in [3.8, 4) is 0 Å². The molecule has 1 aromatic carbocycles. The van der Waals surface area contributed by atoms with Crippen LogP contribution >= 0.6 is 15.9 Å². The molecule has 1 aliphatic carbocycles. The minimum atomic E-state index is -0.0998. The molecule has 0 radical (unpaired) electrons. The van der Waals surface area contributed by atoms with E-state index >= 15 is 0 Å². The smallest absolute Gasteiger partial charge is 0.127 e. The zero-order chi connectivity index (χ0) is 12.3. The molecule has 1 saturated carbocycles. The van der Waals surface area contributed by atoms with E-state index in [1.807, 2.05) is 12.1 Å². The van der Waals surface area contributed by atoms with Crippen molar-refractivity contribution in [1.29, 1.82) is 0 Å². The van der Waals surface area contributed by atoms with Gasteiger partial charge >= 0.3 is 0 Å². The lowest BCUT2D eigenvalue weighted by Gasteiger charge is -2.17. The van der Waals surface area contributed by atoms with Crippen LogP contribution in [0.15, 0.2) is 22.7 Å². The molecule has 94 valence electrons. The van der Waals surface area contributed by atoms with E-state index in [0.29, 0.717) is 12.0 Å². The molecule has 0 amide bonds. The first-order valence-electron chi connectivity index (χ1n) is 6.34. The lowest BCUT2D eigenvalue weighted by molar-refractivity contribution is 0.423. The highest BCUT2D eigenvalue weighted by atomic mass is 79.9. The molecule has 0 saturated heterocycles. The Hall–Kier alpha value is -0.410. The summed E-state index contributed by atoms with van der Waals surface area (Å²) in [5, 5.41) is 0. The second-order valence-corrected chi connectivity index (χ2v) is 6.00. The summed E-state index contributed by atoms with van der Waals surface area (Å²) in [4.78, 5) is 0. The number of benzene rings is 1. The topological polar surface area (TPSA) is 26.0 Å². The number of hydrogen-bond acceptors (Lipinski definition) is 1. The average Bonchev–Trinajstić information content (AvgIpc) is 2.47. The SMILES string of the molecule is NC1CCCCC(Cc2ccc(Br)cc2F)C1. The number of hydrogen-bond donors (Lipinski definition) is 1. The summed E-state index contributed by atoms with van der Waals surface area (Å²) in [7, 11) is 0. The molecule has 3 heteroatoms. The van der Waals surface area contributed by atoms with Gasteiger partial charge in [0.1, 0.15) is 5.82 Å². The Bertz CT molecular complexity index is 380. The largest absolute Gasteiger partial charge is 0.328 e. The van der Waals surface area contributed by atoms with Crippen molar-refractivity contribution in [3.05, 3.63) is 34.1 Å². The van der Waals surface area contributed by atoms with Crippen LogP contribution in [0.3, 0.4) is 0 Å². The Morgan fingerprint density at radius 3 is 2.82 bits per heavy atom. The summed E-state index contributed by atoms with van der Waals surface area (Å²) in [6.45, 7) is 0. The fourth-order valence-corrected chi connectivity index (χ4v) is 3.02. The van der Waals surface area contributed by atoms with Crippen molar-refractivity contribution in [2.75, 3.05) is 0 Å². The third-order valence-electron chi connectivity index (χ3n) is 3.60. The van der Waals surface area contributed by atoms with Gasteiger partial charge < -0.3 is 5.73 Å². The number of nitrogens with two attached hydrogens (primary N) is 1. The van der Waals surface area contributed by atoms with Crippen molar-refractivity contribution in [2.24, 2.45) is 11.7 Å². The Labute approximate surface area is 111 Å². The van der Waals surface area contributed by atoms with Gasteiger partial charge in [-0.3, -0.25) is 0 Å².